The Labute approximate surface area is 146 Å². The van der Waals surface area contributed by atoms with E-state index < -0.39 is 12.0 Å². The maximum atomic E-state index is 12.8. The lowest BCUT2D eigenvalue weighted by molar-refractivity contribution is -0.141. The average Bonchev–Trinajstić information content (AvgIpc) is 2.71. The number of aliphatic carboxylic acids is 1. The van der Waals surface area contributed by atoms with Gasteiger partial charge in [0.05, 0.1) is 6.42 Å². The van der Waals surface area contributed by atoms with E-state index in [-0.39, 0.29) is 12.3 Å². The number of anilines is 2. The van der Waals surface area contributed by atoms with E-state index in [0.717, 1.165) is 23.2 Å². The van der Waals surface area contributed by atoms with Gasteiger partial charge in [-0.05, 0) is 29.7 Å². The van der Waals surface area contributed by atoms with Gasteiger partial charge in [0.2, 0.25) is 5.91 Å². The molecule has 6 heteroatoms. The summed E-state index contributed by atoms with van der Waals surface area (Å²) in [5, 5.41) is 12.2. The van der Waals surface area contributed by atoms with E-state index >= 15 is 0 Å². The van der Waals surface area contributed by atoms with Crippen molar-refractivity contribution in [2.45, 2.75) is 25.4 Å². The van der Waals surface area contributed by atoms with Crippen molar-refractivity contribution in [3.8, 4) is 0 Å². The van der Waals surface area contributed by atoms with Crippen molar-refractivity contribution >= 4 is 23.3 Å². The fraction of sp³-hybridized carbons (Fsp3) is 0.263. The Bertz CT molecular complexity index is 777. The number of nitrogens with one attached hydrogen (secondary N) is 1. The Kier molecular flexibility index (Phi) is 4.88. The number of nitrogens with two attached hydrogens (primary N) is 1. The molecule has 130 valence electrons. The van der Waals surface area contributed by atoms with Crippen LogP contribution in [0.15, 0.2) is 48.5 Å². The Morgan fingerprint density at radius 3 is 2.72 bits per heavy atom. The van der Waals surface area contributed by atoms with Crippen molar-refractivity contribution in [2.24, 2.45) is 0 Å². The smallest absolute Gasteiger partial charge is 0.305 e. The number of benzene rings is 2. The predicted octanol–water partition coefficient (Wildman–Crippen LogP) is 2.11. The standard InChI is InChI=1S/C19H21N3O3/c20-15-7-6-14-12-22(9-8-13-4-2-1-3-5-13)19(25)17(11-18(23)24)21-16(14)10-15/h1-7,10,17,21H,8-9,11-12,20H2,(H,23,24)/t17-/m1/s1. The second-order valence-corrected chi connectivity index (χ2v) is 6.21. The molecular weight excluding hydrogens is 318 g/mol. The fourth-order valence-electron chi connectivity index (χ4n) is 3.03. The van der Waals surface area contributed by atoms with Gasteiger partial charge in [-0.25, -0.2) is 0 Å². The lowest BCUT2D eigenvalue weighted by atomic mass is 10.1. The number of carboxylic acid groups (broad SMARTS) is 1. The van der Waals surface area contributed by atoms with Gasteiger partial charge < -0.3 is 21.1 Å². The Hall–Kier alpha value is -3.02. The van der Waals surface area contributed by atoms with E-state index in [1.807, 2.05) is 36.4 Å². The first kappa shape index (κ1) is 16.8. The molecule has 1 aliphatic rings. The molecule has 0 saturated carbocycles. The molecule has 2 aromatic rings. The maximum absolute atomic E-state index is 12.8. The number of carbonyl (C=O) groups excluding carboxylic acids is 1. The number of nitrogens with zero attached hydrogens (tertiary/aromatic N) is 1. The van der Waals surface area contributed by atoms with Crippen molar-refractivity contribution in [3.05, 3.63) is 59.7 Å². The zero-order valence-corrected chi connectivity index (χ0v) is 13.8. The van der Waals surface area contributed by atoms with Gasteiger partial charge >= 0.3 is 5.97 Å². The van der Waals surface area contributed by atoms with Crippen molar-refractivity contribution in [1.29, 1.82) is 0 Å². The second-order valence-electron chi connectivity index (χ2n) is 6.21. The molecule has 1 amide bonds. The molecule has 0 unspecified atom stereocenters. The number of amides is 1. The third-order valence-electron chi connectivity index (χ3n) is 4.33. The highest BCUT2D eigenvalue weighted by atomic mass is 16.4. The summed E-state index contributed by atoms with van der Waals surface area (Å²) in [7, 11) is 0. The van der Waals surface area contributed by atoms with Gasteiger partial charge in [0, 0.05) is 24.5 Å². The first-order valence-corrected chi connectivity index (χ1v) is 8.22. The molecule has 0 fully saturated rings. The molecule has 4 N–H and O–H groups in total. The van der Waals surface area contributed by atoms with Gasteiger partial charge in [0.1, 0.15) is 6.04 Å². The number of carbonyl (C=O) groups is 2. The van der Waals surface area contributed by atoms with Crippen LogP contribution in [0.1, 0.15) is 17.5 Å². The lowest BCUT2D eigenvalue weighted by Gasteiger charge is -2.24. The summed E-state index contributed by atoms with van der Waals surface area (Å²) in [5.74, 6) is -1.21. The summed E-state index contributed by atoms with van der Waals surface area (Å²) in [6, 6.07) is 14.5. The average molecular weight is 339 g/mol. The lowest BCUT2D eigenvalue weighted by Crippen LogP contribution is -2.42. The van der Waals surface area contributed by atoms with Crippen LogP contribution in [0, 0.1) is 0 Å². The Morgan fingerprint density at radius 2 is 2.00 bits per heavy atom. The maximum Gasteiger partial charge on any atom is 0.305 e. The van der Waals surface area contributed by atoms with E-state index in [0.29, 0.717) is 18.8 Å². The second kappa shape index (κ2) is 7.25. The van der Waals surface area contributed by atoms with Crippen LogP contribution in [0.4, 0.5) is 11.4 Å². The molecule has 1 aliphatic heterocycles. The Morgan fingerprint density at radius 1 is 1.24 bits per heavy atom. The summed E-state index contributed by atoms with van der Waals surface area (Å²) in [6.07, 6.45) is 0.450. The molecule has 0 aliphatic carbocycles. The number of fused-ring (bicyclic) bond motifs is 1. The molecule has 3 rings (SSSR count). The first-order chi connectivity index (χ1) is 12.0. The van der Waals surface area contributed by atoms with Crippen molar-refractivity contribution in [1.82, 2.24) is 4.90 Å². The van der Waals surface area contributed by atoms with E-state index in [1.54, 1.807) is 17.0 Å². The van der Waals surface area contributed by atoms with Gasteiger partial charge in [-0.2, -0.15) is 0 Å². The van der Waals surface area contributed by atoms with Gasteiger partial charge in [0.25, 0.3) is 0 Å². The predicted molar refractivity (Wildman–Crippen MR) is 96.1 cm³/mol. The molecule has 6 nitrogen and oxygen atoms in total. The highest BCUT2D eigenvalue weighted by molar-refractivity contribution is 5.90. The third-order valence-corrected chi connectivity index (χ3v) is 4.33. The van der Waals surface area contributed by atoms with Crippen LogP contribution in [-0.4, -0.2) is 34.5 Å². The number of hydrogen-bond donors (Lipinski definition) is 3. The summed E-state index contributed by atoms with van der Waals surface area (Å²) in [4.78, 5) is 25.7. The zero-order chi connectivity index (χ0) is 17.8. The van der Waals surface area contributed by atoms with E-state index in [9.17, 15) is 9.59 Å². The van der Waals surface area contributed by atoms with Crippen molar-refractivity contribution in [3.63, 3.8) is 0 Å². The SMILES string of the molecule is Nc1ccc2c(c1)N[C@H](CC(=O)O)C(=O)N(CCc1ccccc1)C2. The highest BCUT2D eigenvalue weighted by Gasteiger charge is 2.30. The number of rotatable bonds is 5. The molecule has 0 bridgehead atoms. The number of carboxylic acids is 1. The first-order valence-electron chi connectivity index (χ1n) is 8.22. The quantitative estimate of drug-likeness (QED) is 0.725. The molecule has 25 heavy (non-hydrogen) atoms. The molecule has 0 spiro atoms. The van der Waals surface area contributed by atoms with Gasteiger partial charge in [-0.15, -0.1) is 0 Å². The van der Waals surface area contributed by atoms with Crippen LogP contribution in [0.3, 0.4) is 0 Å². The summed E-state index contributed by atoms with van der Waals surface area (Å²) < 4.78 is 0. The normalized spacial score (nSPS) is 16.7. The summed E-state index contributed by atoms with van der Waals surface area (Å²) in [6.45, 7) is 0.967. The largest absolute Gasteiger partial charge is 0.481 e. The van der Waals surface area contributed by atoms with Crippen LogP contribution >= 0.6 is 0 Å². The molecule has 0 aromatic heterocycles. The van der Waals surface area contributed by atoms with E-state index in [2.05, 4.69) is 5.32 Å². The summed E-state index contributed by atoms with van der Waals surface area (Å²) >= 11 is 0. The van der Waals surface area contributed by atoms with Gasteiger partial charge in [0.15, 0.2) is 0 Å². The van der Waals surface area contributed by atoms with Crippen LogP contribution in [-0.2, 0) is 22.6 Å². The van der Waals surface area contributed by atoms with Gasteiger partial charge in [-0.3, -0.25) is 9.59 Å². The highest BCUT2D eigenvalue weighted by Crippen LogP contribution is 2.26. The minimum atomic E-state index is -1.01. The molecular formula is C19H21N3O3. The minimum Gasteiger partial charge on any atom is -0.481 e. The molecule has 0 saturated heterocycles. The van der Waals surface area contributed by atoms with Gasteiger partial charge in [-0.1, -0.05) is 36.4 Å². The number of hydrogen-bond acceptors (Lipinski definition) is 4. The molecule has 0 radical (unpaired) electrons. The van der Waals surface area contributed by atoms with Crippen LogP contribution < -0.4 is 11.1 Å². The molecule has 1 atom stereocenters. The van der Waals surface area contributed by atoms with Crippen LogP contribution in [0.5, 0.6) is 0 Å². The van der Waals surface area contributed by atoms with E-state index in [1.165, 1.54) is 0 Å². The monoisotopic (exact) mass is 339 g/mol. The fourth-order valence-corrected chi connectivity index (χ4v) is 3.03. The number of nitrogen functional groups attached to an aromatic ring is 1. The zero-order valence-electron chi connectivity index (χ0n) is 13.8. The van der Waals surface area contributed by atoms with Crippen molar-refractivity contribution in [2.75, 3.05) is 17.6 Å². The topological polar surface area (TPSA) is 95.7 Å². The third kappa shape index (κ3) is 4.09. The Balaban J connectivity index is 1.84. The molecule has 2 aromatic carbocycles. The summed E-state index contributed by atoms with van der Waals surface area (Å²) in [5.41, 5.74) is 9.20. The van der Waals surface area contributed by atoms with Crippen molar-refractivity contribution < 1.29 is 14.7 Å². The van der Waals surface area contributed by atoms with E-state index in [4.69, 9.17) is 10.8 Å². The van der Waals surface area contributed by atoms with Crippen LogP contribution in [0.25, 0.3) is 0 Å². The van der Waals surface area contributed by atoms with Crippen LogP contribution in [0.2, 0.25) is 0 Å². The molecule has 1 heterocycles. The minimum absolute atomic E-state index is 0.201.